The zero-order chi connectivity index (χ0) is 14.9. The lowest BCUT2D eigenvalue weighted by Gasteiger charge is -2.09. The van der Waals surface area contributed by atoms with Gasteiger partial charge in [0.25, 0.3) is 0 Å². The summed E-state index contributed by atoms with van der Waals surface area (Å²) >= 11 is 3.41. The van der Waals surface area contributed by atoms with E-state index in [1.165, 1.54) is 0 Å². The Morgan fingerprint density at radius 2 is 1.52 bits per heavy atom. The molecular formula is C17H19BrO3. The van der Waals surface area contributed by atoms with Gasteiger partial charge in [-0.2, -0.15) is 0 Å². The lowest BCUT2D eigenvalue weighted by atomic mass is 10.2. The summed E-state index contributed by atoms with van der Waals surface area (Å²) in [6, 6.07) is 16.0. The lowest BCUT2D eigenvalue weighted by molar-refractivity contribution is 0.0333. The first-order valence-corrected chi connectivity index (χ1v) is 7.60. The lowest BCUT2D eigenvalue weighted by Crippen LogP contribution is -2.05. The number of hydrogen-bond donors (Lipinski definition) is 0. The van der Waals surface area contributed by atoms with Crippen LogP contribution in [0.2, 0.25) is 0 Å². The van der Waals surface area contributed by atoms with E-state index in [9.17, 15) is 0 Å². The molecule has 0 saturated heterocycles. The third-order valence-corrected chi connectivity index (χ3v) is 3.53. The Labute approximate surface area is 134 Å². The van der Waals surface area contributed by atoms with Gasteiger partial charge in [-0.1, -0.05) is 46.3 Å². The first kappa shape index (κ1) is 16.0. The van der Waals surface area contributed by atoms with E-state index in [0.29, 0.717) is 26.4 Å². The Hall–Kier alpha value is -1.36. The van der Waals surface area contributed by atoms with Gasteiger partial charge in [-0.25, -0.2) is 0 Å². The van der Waals surface area contributed by atoms with E-state index in [4.69, 9.17) is 14.2 Å². The van der Waals surface area contributed by atoms with Gasteiger partial charge in [0.05, 0.1) is 33.5 Å². The average molecular weight is 351 g/mol. The maximum atomic E-state index is 5.61. The molecule has 0 unspecified atom stereocenters. The summed E-state index contributed by atoms with van der Waals surface area (Å²) in [6.45, 7) is 2.27. The predicted octanol–water partition coefficient (Wildman–Crippen LogP) is 4.19. The van der Waals surface area contributed by atoms with Gasteiger partial charge in [0.1, 0.15) is 5.75 Å². The maximum Gasteiger partial charge on any atom is 0.124 e. The highest BCUT2D eigenvalue weighted by atomic mass is 79.9. The van der Waals surface area contributed by atoms with Gasteiger partial charge in [0.2, 0.25) is 0 Å². The van der Waals surface area contributed by atoms with E-state index in [0.717, 1.165) is 21.3 Å². The van der Waals surface area contributed by atoms with Crippen molar-refractivity contribution in [2.45, 2.75) is 13.2 Å². The summed E-state index contributed by atoms with van der Waals surface area (Å²) in [6.07, 6.45) is 0. The minimum absolute atomic E-state index is 0.533. The van der Waals surface area contributed by atoms with Crippen molar-refractivity contribution in [3.63, 3.8) is 0 Å². The third-order valence-electron chi connectivity index (χ3n) is 3.00. The maximum absolute atomic E-state index is 5.61. The zero-order valence-corrected chi connectivity index (χ0v) is 13.6. The monoisotopic (exact) mass is 350 g/mol. The number of para-hydroxylation sites is 1. The highest BCUT2D eigenvalue weighted by molar-refractivity contribution is 9.10. The van der Waals surface area contributed by atoms with E-state index in [1.54, 1.807) is 7.11 Å². The summed E-state index contributed by atoms with van der Waals surface area (Å²) in [5.41, 5.74) is 2.20. The minimum Gasteiger partial charge on any atom is -0.496 e. The Morgan fingerprint density at radius 1 is 0.857 bits per heavy atom. The van der Waals surface area contributed by atoms with Crippen molar-refractivity contribution in [3.05, 3.63) is 64.1 Å². The first-order chi connectivity index (χ1) is 10.3. The summed E-state index contributed by atoms with van der Waals surface area (Å²) in [7, 11) is 1.67. The van der Waals surface area contributed by atoms with Crippen LogP contribution in [0.5, 0.6) is 5.75 Å². The molecule has 0 atom stereocenters. The summed E-state index contributed by atoms with van der Waals surface area (Å²) in [5, 5.41) is 0. The van der Waals surface area contributed by atoms with Crippen LogP contribution in [-0.2, 0) is 22.7 Å². The average Bonchev–Trinajstić information content (AvgIpc) is 2.53. The fraction of sp³-hybridized carbons (Fsp3) is 0.294. The van der Waals surface area contributed by atoms with Crippen molar-refractivity contribution in [2.24, 2.45) is 0 Å². The Bertz CT molecular complexity index is 540. The largest absolute Gasteiger partial charge is 0.496 e. The van der Waals surface area contributed by atoms with Crippen molar-refractivity contribution < 1.29 is 14.2 Å². The Balaban J connectivity index is 1.63. The summed E-state index contributed by atoms with van der Waals surface area (Å²) < 4.78 is 17.5. The second-order valence-electron chi connectivity index (χ2n) is 4.54. The number of methoxy groups -OCH3 is 1. The zero-order valence-electron chi connectivity index (χ0n) is 12.0. The van der Waals surface area contributed by atoms with Gasteiger partial charge in [-0.15, -0.1) is 0 Å². The number of rotatable bonds is 8. The molecule has 0 heterocycles. The standard InChI is InChI=1S/C17H19BrO3/c1-19-17-5-3-2-4-15(17)13-21-11-10-20-12-14-6-8-16(18)9-7-14/h2-9H,10-13H2,1H3. The summed E-state index contributed by atoms with van der Waals surface area (Å²) in [5.74, 6) is 0.855. The fourth-order valence-electron chi connectivity index (χ4n) is 1.89. The quantitative estimate of drug-likeness (QED) is 0.668. The Kier molecular flexibility index (Phi) is 6.73. The fourth-order valence-corrected chi connectivity index (χ4v) is 2.16. The molecule has 0 N–H and O–H groups in total. The topological polar surface area (TPSA) is 27.7 Å². The van der Waals surface area contributed by atoms with Crippen LogP contribution in [0.4, 0.5) is 0 Å². The molecule has 2 aromatic carbocycles. The van der Waals surface area contributed by atoms with Crippen LogP contribution < -0.4 is 4.74 Å². The highest BCUT2D eigenvalue weighted by Crippen LogP contribution is 2.17. The molecule has 21 heavy (non-hydrogen) atoms. The number of halogens is 1. The molecule has 0 saturated carbocycles. The molecule has 3 nitrogen and oxygen atoms in total. The summed E-state index contributed by atoms with van der Waals surface area (Å²) in [4.78, 5) is 0. The van der Waals surface area contributed by atoms with Crippen LogP contribution in [0.3, 0.4) is 0 Å². The number of hydrogen-bond acceptors (Lipinski definition) is 3. The van der Waals surface area contributed by atoms with E-state index in [1.807, 2.05) is 48.5 Å². The van der Waals surface area contributed by atoms with Crippen molar-refractivity contribution in [1.82, 2.24) is 0 Å². The van der Waals surface area contributed by atoms with E-state index < -0.39 is 0 Å². The van der Waals surface area contributed by atoms with Gasteiger partial charge in [-0.05, 0) is 23.8 Å². The van der Waals surface area contributed by atoms with Crippen molar-refractivity contribution in [3.8, 4) is 5.75 Å². The Morgan fingerprint density at radius 3 is 2.24 bits per heavy atom. The number of benzene rings is 2. The van der Waals surface area contributed by atoms with E-state index >= 15 is 0 Å². The van der Waals surface area contributed by atoms with Crippen LogP contribution in [0.15, 0.2) is 53.0 Å². The second kappa shape index (κ2) is 8.82. The SMILES string of the molecule is COc1ccccc1COCCOCc1ccc(Br)cc1. The molecule has 0 aliphatic heterocycles. The highest BCUT2D eigenvalue weighted by Gasteiger charge is 2.01. The second-order valence-corrected chi connectivity index (χ2v) is 5.46. The van der Waals surface area contributed by atoms with Crippen molar-refractivity contribution >= 4 is 15.9 Å². The number of ether oxygens (including phenoxy) is 3. The van der Waals surface area contributed by atoms with Gasteiger partial charge >= 0.3 is 0 Å². The molecule has 0 fully saturated rings. The molecule has 2 rings (SSSR count). The van der Waals surface area contributed by atoms with Gasteiger partial charge in [0, 0.05) is 10.0 Å². The van der Waals surface area contributed by atoms with Crippen LogP contribution >= 0.6 is 15.9 Å². The molecular weight excluding hydrogens is 332 g/mol. The van der Waals surface area contributed by atoms with Gasteiger partial charge in [0.15, 0.2) is 0 Å². The van der Waals surface area contributed by atoms with Crippen molar-refractivity contribution in [2.75, 3.05) is 20.3 Å². The third kappa shape index (κ3) is 5.50. The molecule has 0 radical (unpaired) electrons. The van der Waals surface area contributed by atoms with Crippen LogP contribution in [0.1, 0.15) is 11.1 Å². The molecule has 0 amide bonds. The molecule has 112 valence electrons. The van der Waals surface area contributed by atoms with Crippen molar-refractivity contribution in [1.29, 1.82) is 0 Å². The van der Waals surface area contributed by atoms with Crippen LogP contribution in [-0.4, -0.2) is 20.3 Å². The normalized spacial score (nSPS) is 10.6. The molecule has 0 aliphatic rings. The van der Waals surface area contributed by atoms with Gasteiger partial charge < -0.3 is 14.2 Å². The molecule has 0 bridgehead atoms. The van der Waals surface area contributed by atoms with Crippen LogP contribution in [0.25, 0.3) is 0 Å². The molecule has 2 aromatic rings. The molecule has 0 aliphatic carbocycles. The smallest absolute Gasteiger partial charge is 0.124 e. The van der Waals surface area contributed by atoms with Gasteiger partial charge in [-0.3, -0.25) is 0 Å². The molecule has 0 spiro atoms. The molecule has 4 heteroatoms. The van der Waals surface area contributed by atoms with E-state index in [2.05, 4.69) is 15.9 Å². The first-order valence-electron chi connectivity index (χ1n) is 6.81. The predicted molar refractivity (Wildman–Crippen MR) is 86.4 cm³/mol. The molecule has 0 aromatic heterocycles. The van der Waals surface area contributed by atoms with E-state index in [-0.39, 0.29) is 0 Å². The minimum atomic E-state index is 0.533. The van der Waals surface area contributed by atoms with Crippen LogP contribution in [0, 0.1) is 0 Å².